The van der Waals surface area contributed by atoms with Crippen LogP contribution in [0.5, 0.6) is 0 Å². The van der Waals surface area contributed by atoms with E-state index in [9.17, 15) is 0 Å². The van der Waals surface area contributed by atoms with Gasteiger partial charge >= 0.3 is 0 Å². The van der Waals surface area contributed by atoms with Gasteiger partial charge in [-0.3, -0.25) is 0 Å². The van der Waals surface area contributed by atoms with Crippen molar-refractivity contribution >= 4 is 0 Å². The number of benzene rings is 1. The molecule has 16 heavy (non-hydrogen) atoms. The van der Waals surface area contributed by atoms with E-state index in [0.717, 1.165) is 12.1 Å². The first-order valence-corrected chi connectivity index (χ1v) is 5.62. The average molecular weight is 216 g/mol. The normalized spacial score (nSPS) is 11.7. The Hall–Kier alpha value is -1.57. The first-order valence-electron chi connectivity index (χ1n) is 5.62. The average Bonchev–Trinajstić information content (AvgIpc) is 2.70. The second-order valence-corrected chi connectivity index (χ2v) is 5.20. The molecule has 0 fully saturated rings. The van der Waals surface area contributed by atoms with Crippen LogP contribution in [0.3, 0.4) is 0 Å². The number of aromatic amines is 1. The first-order chi connectivity index (χ1) is 7.55. The van der Waals surface area contributed by atoms with Crippen LogP contribution in [-0.2, 0) is 11.8 Å². The van der Waals surface area contributed by atoms with Crippen molar-refractivity contribution in [2.45, 2.75) is 32.6 Å². The van der Waals surface area contributed by atoms with Crippen molar-refractivity contribution in [3.05, 3.63) is 53.6 Å². The SMILES string of the molecule is CC(C)(C)c1ccc(Cc2cnc[nH]2)cc1.[HH]. The Kier molecular flexibility index (Phi) is 2.82. The summed E-state index contributed by atoms with van der Waals surface area (Å²) in [5, 5.41) is 0. The Bertz CT molecular complexity index is 438. The molecule has 1 aromatic carbocycles. The van der Waals surface area contributed by atoms with Crippen LogP contribution in [0.15, 0.2) is 36.8 Å². The van der Waals surface area contributed by atoms with Crippen LogP contribution >= 0.6 is 0 Å². The van der Waals surface area contributed by atoms with E-state index in [4.69, 9.17) is 0 Å². The van der Waals surface area contributed by atoms with Crippen molar-refractivity contribution in [2.75, 3.05) is 0 Å². The summed E-state index contributed by atoms with van der Waals surface area (Å²) < 4.78 is 0. The Morgan fingerprint density at radius 3 is 2.38 bits per heavy atom. The van der Waals surface area contributed by atoms with Crippen molar-refractivity contribution in [3.63, 3.8) is 0 Å². The van der Waals surface area contributed by atoms with Gasteiger partial charge in [0.15, 0.2) is 0 Å². The molecule has 2 aromatic rings. The molecule has 1 aromatic heterocycles. The highest BCUT2D eigenvalue weighted by Crippen LogP contribution is 2.22. The third kappa shape index (κ3) is 2.51. The molecule has 0 aliphatic rings. The Morgan fingerprint density at radius 1 is 1.19 bits per heavy atom. The van der Waals surface area contributed by atoms with Crippen molar-refractivity contribution in [2.24, 2.45) is 0 Å². The maximum atomic E-state index is 4.02. The zero-order valence-electron chi connectivity index (χ0n) is 10.1. The van der Waals surface area contributed by atoms with Crippen LogP contribution in [0.1, 0.15) is 39.0 Å². The van der Waals surface area contributed by atoms with Gasteiger partial charge in [-0.05, 0) is 16.5 Å². The fraction of sp³-hybridized carbons (Fsp3) is 0.357. The topological polar surface area (TPSA) is 28.7 Å². The van der Waals surface area contributed by atoms with Crippen LogP contribution in [0.25, 0.3) is 0 Å². The molecule has 1 N–H and O–H groups in total. The Morgan fingerprint density at radius 2 is 1.88 bits per heavy atom. The molecule has 86 valence electrons. The van der Waals surface area contributed by atoms with E-state index < -0.39 is 0 Å². The van der Waals surface area contributed by atoms with Crippen LogP contribution in [0, 0.1) is 0 Å². The summed E-state index contributed by atoms with van der Waals surface area (Å²) >= 11 is 0. The maximum absolute atomic E-state index is 4.02. The van der Waals surface area contributed by atoms with E-state index in [-0.39, 0.29) is 6.84 Å². The number of hydrogen-bond donors (Lipinski definition) is 1. The molecule has 0 bridgehead atoms. The van der Waals surface area contributed by atoms with Crippen LogP contribution in [-0.4, -0.2) is 9.97 Å². The standard InChI is InChI=1S/C14H18N2.H2/c1-14(2,3)12-6-4-11(5-7-12)8-13-9-15-10-16-13;/h4-7,9-10H,8H2,1-3H3,(H,15,16);1H. The molecule has 2 nitrogen and oxygen atoms in total. The Labute approximate surface area is 98.2 Å². The molecule has 2 heteroatoms. The zero-order valence-corrected chi connectivity index (χ0v) is 10.1. The van der Waals surface area contributed by atoms with Gasteiger partial charge in [0, 0.05) is 19.7 Å². The van der Waals surface area contributed by atoms with Gasteiger partial charge in [0.1, 0.15) is 0 Å². The lowest BCUT2D eigenvalue weighted by Crippen LogP contribution is -2.10. The van der Waals surface area contributed by atoms with Gasteiger partial charge in [-0.2, -0.15) is 0 Å². The van der Waals surface area contributed by atoms with Gasteiger partial charge in [-0.15, -0.1) is 0 Å². The number of nitrogens with one attached hydrogen (secondary N) is 1. The number of H-pyrrole nitrogens is 1. The van der Waals surface area contributed by atoms with Crippen LogP contribution in [0.4, 0.5) is 0 Å². The number of imidazole rings is 1. The van der Waals surface area contributed by atoms with Gasteiger partial charge < -0.3 is 4.98 Å². The molecule has 0 unspecified atom stereocenters. The van der Waals surface area contributed by atoms with Crippen molar-refractivity contribution < 1.29 is 1.43 Å². The molecule has 0 saturated heterocycles. The van der Waals surface area contributed by atoms with E-state index in [0.29, 0.717) is 0 Å². The fourth-order valence-corrected chi connectivity index (χ4v) is 1.72. The molecule has 0 aliphatic carbocycles. The van der Waals surface area contributed by atoms with E-state index >= 15 is 0 Å². The molecule has 0 spiro atoms. The molecule has 0 amide bonds. The number of hydrogen-bond acceptors (Lipinski definition) is 1. The summed E-state index contributed by atoms with van der Waals surface area (Å²) in [6, 6.07) is 8.82. The highest BCUT2D eigenvalue weighted by atomic mass is 14.9. The van der Waals surface area contributed by atoms with Crippen LogP contribution in [0.2, 0.25) is 0 Å². The first kappa shape index (κ1) is 10.9. The predicted octanol–water partition coefficient (Wildman–Crippen LogP) is 3.54. The fourth-order valence-electron chi connectivity index (χ4n) is 1.72. The maximum Gasteiger partial charge on any atom is 0.0921 e. The summed E-state index contributed by atoms with van der Waals surface area (Å²) in [6.45, 7) is 6.70. The van der Waals surface area contributed by atoms with Gasteiger partial charge in [0.05, 0.1) is 6.33 Å². The Balaban J connectivity index is 0.00000144. The summed E-state index contributed by atoms with van der Waals surface area (Å²) in [5.41, 5.74) is 4.08. The third-order valence-electron chi connectivity index (χ3n) is 2.77. The van der Waals surface area contributed by atoms with Crippen LogP contribution < -0.4 is 0 Å². The lowest BCUT2D eigenvalue weighted by Gasteiger charge is -2.19. The predicted molar refractivity (Wildman–Crippen MR) is 68.6 cm³/mol. The molecule has 0 aliphatic heterocycles. The smallest absolute Gasteiger partial charge is 0.0921 e. The van der Waals surface area contributed by atoms with E-state index in [1.807, 2.05) is 6.20 Å². The molecular weight excluding hydrogens is 196 g/mol. The summed E-state index contributed by atoms with van der Waals surface area (Å²) in [4.78, 5) is 7.14. The number of rotatable bonds is 2. The molecular formula is C14H20N2. The van der Waals surface area contributed by atoms with Gasteiger partial charge in [-0.25, -0.2) is 4.98 Å². The molecule has 2 rings (SSSR count). The molecule has 0 radical (unpaired) electrons. The molecule has 0 saturated carbocycles. The van der Waals surface area contributed by atoms with Gasteiger partial charge in [-0.1, -0.05) is 45.0 Å². The number of aromatic nitrogens is 2. The lowest BCUT2D eigenvalue weighted by molar-refractivity contribution is 0.590. The minimum Gasteiger partial charge on any atom is -0.348 e. The van der Waals surface area contributed by atoms with Crippen molar-refractivity contribution in [3.8, 4) is 0 Å². The van der Waals surface area contributed by atoms with E-state index in [2.05, 4.69) is 55.0 Å². The minimum absolute atomic E-state index is 0. The number of nitrogens with zero attached hydrogens (tertiary/aromatic N) is 1. The zero-order chi connectivity index (χ0) is 11.6. The van der Waals surface area contributed by atoms with Gasteiger partial charge in [0.25, 0.3) is 0 Å². The summed E-state index contributed by atoms with van der Waals surface area (Å²) in [7, 11) is 0. The van der Waals surface area contributed by atoms with Gasteiger partial charge in [0.2, 0.25) is 0 Å². The largest absolute Gasteiger partial charge is 0.348 e. The summed E-state index contributed by atoms with van der Waals surface area (Å²) in [6.07, 6.45) is 4.51. The lowest BCUT2D eigenvalue weighted by atomic mass is 9.86. The second-order valence-electron chi connectivity index (χ2n) is 5.20. The minimum atomic E-state index is 0. The van der Waals surface area contributed by atoms with Crippen molar-refractivity contribution in [1.29, 1.82) is 0 Å². The highest BCUT2D eigenvalue weighted by molar-refractivity contribution is 5.29. The highest BCUT2D eigenvalue weighted by Gasteiger charge is 2.12. The van der Waals surface area contributed by atoms with Crippen molar-refractivity contribution in [1.82, 2.24) is 9.97 Å². The van der Waals surface area contributed by atoms with E-state index in [1.165, 1.54) is 11.1 Å². The quantitative estimate of drug-likeness (QED) is 0.817. The summed E-state index contributed by atoms with van der Waals surface area (Å²) in [5.74, 6) is 0. The molecule has 0 atom stereocenters. The van der Waals surface area contributed by atoms with E-state index in [1.54, 1.807) is 6.33 Å². The monoisotopic (exact) mass is 216 g/mol. The second kappa shape index (κ2) is 4.12. The molecule has 1 heterocycles. The third-order valence-corrected chi connectivity index (χ3v) is 2.77.